The minimum atomic E-state index is -0.208. The Morgan fingerprint density at radius 2 is 2.00 bits per heavy atom. The van der Waals surface area contributed by atoms with E-state index in [0.29, 0.717) is 25.5 Å². The average Bonchev–Trinajstić information content (AvgIpc) is 2.54. The number of rotatable bonds is 4. The molecule has 3 rings (SSSR count). The van der Waals surface area contributed by atoms with E-state index >= 15 is 0 Å². The molecule has 0 amide bonds. The van der Waals surface area contributed by atoms with Crippen molar-refractivity contribution >= 4 is 11.6 Å². The maximum atomic E-state index is 6.48. The van der Waals surface area contributed by atoms with Crippen LogP contribution in [0.15, 0.2) is 30.6 Å². The highest BCUT2D eigenvalue weighted by Gasteiger charge is 2.16. The van der Waals surface area contributed by atoms with Crippen molar-refractivity contribution in [2.24, 2.45) is 0 Å². The first-order valence-electron chi connectivity index (χ1n) is 6.65. The van der Waals surface area contributed by atoms with Crippen LogP contribution in [0.4, 0.5) is 0 Å². The minimum absolute atomic E-state index is 0.208. The van der Waals surface area contributed by atoms with Crippen molar-refractivity contribution in [3.8, 4) is 17.4 Å². The molecule has 1 aliphatic rings. The Balaban J connectivity index is 1.76. The number of halogens is 1. The lowest BCUT2D eigenvalue weighted by Gasteiger charge is -2.20. The van der Waals surface area contributed by atoms with Gasteiger partial charge >= 0.3 is 0 Å². The number of benzene rings is 1. The summed E-state index contributed by atoms with van der Waals surface area (Å²) >= 11 is 6.48. The van der Waals surface area contributed by atoms with Gasteiger partial charge < -0.3 is 14.2 Å². The molecule has 0 fully saturated rings. The molecule has 110 valence electrons. The van der Waals surface area contributed by atoms with Crippen LogP contribution in [0.5, 0.6) is 17.4 Å². The molecule has 1 unspecified atom stereocenters. The third-order valence-electron chi connectivity index (χ3n) is 3.22. The van der Waals surface area contributed by atoms with E-state index in [2.05, 4.69) is 9.97 Å². The van der Waals surface area contributed by atoms with E-state index in [4.69, 9.17) is 25.8 Å². The number of methoxy groups -OCH3 is 1. The Bertz CT molecular complexity index is 636. The van der Waals surface area contributed by atoms with Crippen molar-refractivity contribution in [1.29, 1.82) is 0 Å². The van der Waals surface area contributed by atoms with E-state index in [1.54, 1.807) is 13.2 Å². The molecule has 0 aliphatic carbocycles. The lowest BCUT2D eigenvalue weighted by molar-refractivity contribution is 0.171. The second kappa shape index (κ2) is 6.18. The Morgan fingerprint density at radius 1 is 1.19 bits per heavy atom. The van der Waals surface area contributed by atoms with E-state index in [-0.39, 0.29) is 5.38 Å². The fraction of sp³-hybridized carbons (Fsp3) is 0.333. The minimum Gasteiger partial charge on any atom is -0.486 e. The number of ether oxygens (including phenoxy) is 3. The van der Waals surface area contributed by atoms with Crippen molar-refractivity contribution in [2.75, 3.05) is 20.3 Å². The average molecular weight is 307 g/mol. The van der Waals surface area contributed by atoms with Crippen molar-refractivity contribution in [3.63, 3.8) is 0 Å². The van der Waals surface area contributed by atoms with Crippen LogP contribution in [0.3, 0.4) is 0 Å². The van der Waals surface area contributed by atoms with Gasteiger partial charge in [0.2, 0.25) is 5.88 Å². The second-order valence-electron chi connectivity index (χ2n) is 4.63. The fourth-order valence-corrected chi connectivity index (χ4v) is 2.45. The Morgan fingerprint density at radius 3 is 2.81 bits per heavy atom. The zero-order valence-electron chi connectivity index (χ0n) is 11.6. The quantitative estimate of drug-likeness (QED) is 0.813. The molecule has 2 heterocycles. The van der Waals surface area contributed by atoms with Crippen LogP contribution in [0.1, 0.15) is 16.6 Å². The predicted octanol–water partition coefficient (Wildman–Crippen LogP) is 2.78. The zero-order chi connectivity index (χ0) is 14.7. The molecule has 5 nitrogen and oxygen atoms in total. The standard InChI is InChI=1S/C15H15ClN2O3/c1-19-15-8-11(17-9-18-15)7-12(16)10-2-3-13-14(6-10)21-5-4-20-13/h2-3,6,8-9,12H,4-5,7H2,1H3. The number of nitrogens with zero attached hydrogens (tertiary/aromatic N) is 2. The molecule has 1 aliphatic heterocycles. The number of aromatic nitrogens is 2. The molecule has 1 aromatic heterocycles. The van der Waals surface area contributed by atoms with E-state index in [0.717, 1.165) is 22.8 Å². The SMILES string of the molecule is COc1cc(CC(Cl)c2ccc3c(c2)OCCO3)ncn1. The first-order valence-corrected chi connectivity index (χ1v) is 7.08. The largest absolute Gasteiger partial charge is 0.486 e. The smallest absolute Gasteiger partial charge is 0.216 e. The summed E-state index contributed by atoms with van der Waals surface area (Å²) in [6, 6.07) is 7.54. The summed E-state index contributed by atoms with van der Waals surface area (Å²) < 4.78 is 16.2. The summed E-state index contributed by atoms with van der Waals surface area (Å²) in [5.41, 5.74) is 1.80. The third kappa shape index (κ3) is 3.19. The van der Waals surface area contributed by atoms with Crippen LogP contribution in [-0.2, 0) is 6.42 Å². The van der Waals surface area contributed by atoms with Gasteiger partial charge in [-0.2, -0.15) is 0 Å². The Kier molecular flexibility index (Phi) is 4.10. The van der Waals surface area contributed by atoms with E-state index in [1.807, 2.05) is 18.2 Å². The summed E-state index contributed by atoms with van der Waals surface area (Å²) in [7, 11) is 1.57. The molecular formula is C15H15ClN2O3. The van der Waals surface area contributed by atoms with Gasteiger partial charge in [-0.1, -0.05) is 6.07 Å². The highest BCUT2D eigenvalue weighted by atomic mass is 35.5. The van der Waals surface area contributed by atoms with Crippen LogP contribution in [0.25, 0.3) is 0 Å². The lowest BCUT2D eigenvalue weighted by atomic mass is 10.1. The molecule has 2 aromatic rings. The van der Waals surface area contributed by atoms with Gasteiger partial charge in [-0.3, -0.25) is 0 Å². The van der Waals surface area contributed by atoms with Crippen molar-refractivity contribution < 1.29 is 14.2 Å². The highest BCUT2D eigenvalue weighted by Crippen LogP contribution is 2.35. The number of alkyl halides is 1. The highest BCUT2D eigenvalue weighted by molar-refractivity contribution is 6.20. The molecule has 0 radical (unpaired) electrons. The first-order chi connectivity index (χ1) is 10.3. The number of fused-ring (bicyclic) bond motifs is 1. The molecule has 6 heteroatoms. The topological polar surface area (TPSA) is 53.5 Å². The van der Waals surface area contributed by atoms with Gasteiger partial charge in [-0.25, -0.2) is 9.97 Å². The molecular weight excluding hydrogens is 292 g/mol. The number of hydrogen-bond donors (Lipinski definition) is 0. The van der Waals surface area contributed by atoms with E-state index < -0.39 is 0 Å². The first kappa shape index (κ1) is 13.9. The normalized spacial score (nSPS) is 14.6. The Labute approximate surface area is 127 Å². The third-order valence-corrected chi connectivity index (χ3v) is 3.63. The molecule has 1 aromatic carbocycles. The van der Waals surface area contributed by atoms with Crippen molar-refractivity contribution in [2.45, 2.75) is 11.8 Å². The van der Waals surface area contributed by atoms with Crippen LogP contribution in [0.2, 0.25) is 0 Å². The molecule has 0 N–H and O–H groups in total. The molecule has 0 saturated heterocycles. The van der Waals surface area contributed by atoms with Gasteiger partial charge in [-0.05, 0) is 17.7 Å². The predicted molar refractivity (Wildman–Crippen MR) is 78.3 cm³/mol. The number of hydrogen-bond acceptors (Lipinski definition) is 5. The molecule has 21 heavy (non-hydrogen) atoms. The monoisotopic (exact) mass is 306 g/mol. The molecule has 0 saturated carbocycles. The van der Waals surface area contributed by atoms with Crippen molar-refractivity contribution in [3.05, 3.63) is 41.9 Å². The van der Waals surface area contributed by atoms with Crippen LogP contribution >= 0.6 is 11.6 Å². The van der Waals surface area contributed by atoms with Crippen LogP contribution in [-0.4, -0.2) is 30.3 Å². The summed E-state index contributed by atoms with van der Waals surface area (Å²) in [6.07, 6.45) is 2.06. The van der Waals surface area contributed by atoms with E-state index in [1.165, 1.54) is 6.33 Å². The van der Waals surface area contributed by atoms with Gasteiger partial charge in [0.25, 0.3) is 0 Å². The van der Waals surface area contributed by atoms with Crippen LogP contribution < -0.4 is 14.2 Å². The summed E-state index contributed by atoms with van der Waals surface area (Å²) in [5, 5.41) is -0.208. The van der Waals surface area contributed by atoms with Crippen LogP contribution in [0, 0.1) is 0 Å². The van der Waals surface area contributed by atoms with Gasteiger partial charge in [0, 0.05) is 18.2 Å². The van der Waals surface area contributed by atoms with Gasteiger partial charge in [-0.15, -0.1) is 11.6 Å². The summed E-state index contributed by atoms with van der Waals surface area (Å²) in [5.74, 6) is 2.04. The summed E-state index contributed by atoms with van der Waals surface area (Å²) in [4.78, 5) is 8.19. The lowest BCUT2D eigenvalue weighted by Crippen LogP contribution is -2.15. The maximum absolute atomic E-state index is 6.48. The maximum Gasteiger partial charge on any atom is 0.216 e. The molecule has 0 spiro atoms. The Hall–Kier alpha value is -2.01. The van der Waals surface area contributed by atoms with Gasteiger partial charge in [0.15, 0.2) is 11.5 Å². The zero-order valence-corrected chi connectivity index (χ0v) is 12.3. The summed E-state index contributed by atoms with van der Waals surface area (Å²) in [6.45, 7) is 1.14. The van der Waals surface area contributed by atoms with Crippen molar-refractivity contribution in [1.82, 2.24) is 9.97 Å². The fourth-order valence-electron chi connectivity index (χ4n) is 2.16. The second-order valence-corrected chi connectivity index (χ2v) is 5.15. The molecule has 0 bridgehead atoms. The molecule has 1 atom stereocenters. The van der Waals surface area contributed by atoms with E-state index in [9.17, 15) is 0 Å². The van der Waals surface area contributed by atoms with Gasteiger partial charge in [0.1, 0.15) is 19.5 Å². The van der Waals surface area contributed by atoms with Gasteiger partial charge in [0.05, 0.1) is 12.5 Å².